The van der Waals surface area contributed by atoms with Crippen molar-refractivity contribution in [3.05, 3.63) is 73.5 Å². The summed E-state index contributed by atoms with van der Waals surface area (Å²) in [6.07, 6.45) is 3.56. The van der Waals surface area contributed by atoms with Gasteiger partial charge in [0.1, 0.15) is 0 Å². The molecule has 0 aliphatic heterocycles. The molecule has 0 spiro atoms. The number of hydrogen-bond acceptors (Lipinski definition) is 6. The van der Waals surface area contributed by atoms with Crippen molar-refractivity contribution in [3.8, 4) is 5.75 Å². The minimum Gasteiger partial charge on any atom is -0.486 e. The molecule has 27 heavy (non-hydrogen) atoms. The van der Waals surface area contributed by atoms with Crippen molar-refractivity contribution in [1.29, 1.82) is 0 Å². The second-order valence-electron chi connectivity index (χ2n) is 6.18. The van der Waals surface area contributed by atoms with Crippen molar-refractivity contribution in [3.63, 3.8) is 0 Å². The van der Waals surface area contributed by atoms with Crippen LogP contribution in [0.25, 0.3) is 21.9 Å². The van der Waals surface area contributed by atoms with Gasteiger partial charge in [0.05, 0.1) is 12.9 Å². The van der Waals surface area contributed by atoms with Crippen LogP contribution >= 0.6 is 0 Å². The van der Waals surface area contributed by atoms with E-state index in [9.17, 15) is 14.4 Å². The fraction of sp³-hybridized carbons (Fsp3) is 0.211. The molecule has 0 fully saturated rings. The third-order valence-electron chi connectivity index (χ3n) is 4.26. The summed E-state index contributed by atoms with van der Waals surface area (Å²) in [4.78, 5) is 37.1. The van der Waals surface area contributed by atoms with Crippen LogP contribution in [-0.2, 0) is 6.54 Å². The normalized spacial score (nSPS) is 11.3. The van der Waals surface area contributed by atoms with Crippen LogP contribution in [0.1, 0.15) is 12.0 Å². The number of hydrogen-bond donors (Lipinski definition) is 1. The maximum atomic E-state index is 11.8. The first-order valence-electron chi connectivity index (χ1n) is 8.40. The Hall–Kier alpha value is -3.55. The zero-order valence-electron chi connectivity index (χ0n) is 14.5. The number of H-pyrrole nitrogens is 1. The molecule has 0 aliphatic carbocycles. The van der Waals surface area contributed by atoms with Gasteiger partial charge in [-0.15, -0.1) is 0 Å². The molecule has 3 heterocycles. The van der Waals surface area contributed by atoms with Gasteiger partial charge in [0.15, 0.2) is 11.2 Å². The van der Waals surface area contributed by atoms with Gasteiger partial charge in [0.2, 0.25) is 5.75 Å². The summed E-state index contributed by atoms with van der Waals surface area (Å²) in [5, 5.41) is 1.56. The Morgan fingerprint density at radius 2 is 1.93 bits per heavy atom. The van der Waals surface area contributed by atoms with Crippen LogP contribution < -0.4 is 21.6 Å². The molecule has 1 aromatic carbocycles. The van der Waals surface area contributed by atoms with Gasteiger partial charge in [-0.05, 0) is 31.5 Å². The molecule has 8 nitrogen and oxygen atoms in total. The Morgan fingerprint density at radius 3 is 2.78 bits per heavy atom. The van der Waals surface area contributed by atoms with Crippen LogP contribution in [0.2, 0.25) is 0 Å². The van der Waals surface area contributed by atoms with Gasteiger partial charge in [-0.1, -0.05) is 0 Å². The molecule has 138 valence electrons. The van der Waals surface area contributed by atoms with E-state index in [1.807, 2.05) is 6.07 Å². The molecule has 4 aromatic rings. The first-order chi connectivity index (χ1) is 13.0. The Kier molecular flexibility index (Phi) is 4.15. The van der Waals surface area contributed by atoms with Gasteiger partial charge in [-0.25, -0.2) is 9.59 Å². The first-order valence-corrected chi connectivity index (χ1v) is 8.40. The number of benzene rings is 1. The second kappa shape index (κ2) is 6.64. The number of rotatable bonds is 5. The van der Waals surface area contributed by atoms with Crippen LogP contribution in [0.5, 0.6) is 5.75 Å². The molecule has 0 atom stereocenters. The number of nitrogens with one attached hydrogen (secondary N) is 1. The molecule has 0 unspecified atom stereocenters. The van der Waals surface area contributed by atoms with Crippen molar-refractivity contribution < 1.29 is 13.6 Å². The van der Waals surface area contributed by atoms with E-state index < -0.39 is 16.9 Å². The zero-order chi connectivity index (χ0) is 19.0. The predicted octanol–water partition coefficient (Wildman–Crippen LogP) is 2.17. The summed E-state index contributed by atoms with van der Waals surface area (Å²) < 4.78 is 18.0. The monoisotopic (exact) mass is 368 g/mol. The van der Waals surface area contributed by atoms with E-state index in [1.165, 1.54) is 23.1 Å². The van der Waals surface area contributed by atoms with E-state index in [-0.39, 0.29) is 6.61 Å². The van der Waals surface area contributed by atoms with Gasteiger partial charge in [0.25, 0.3) is 5.56 Å². The van der Waals surface area contributed by atoms with Gasteiger partial charge < -0.3 is 18.1 Å². The third-order valence-corrected chi connectivity index (χ3v) is 4.26. The van der Waals surface area contributed by atoms with E-state index >= 15 is 0 Å². The Bertz CT molecular complexity index is 1310. The molecule has 0 saturated carbocycles. The lowest BCUT2D eigenvalue weighted by atomic mass is 10.1. The highest BCUT2D eigenvalue weighted by molar-refractivity contribution is 5.99. The summed E-state index contributed by atoms with van der Waals surface area (Å²) in [6, 6.07) is 6.67. The van der Waals surface area contributed by atoms with Gasteiger partial charge >= 0.3 is 11.3 Å². The van der Waals surface area contributed by atoms with Crippen LogP contribution in [0, 0.1) is 6.92 Å². The zero-order valence-corrected chi connectivity index (χ0v) is 14.5. The largest absolute Gasteiger partial charge is 0.486 e. The highest BCUT2D eigenvalue weighted by atomic mass is 16.5. The standard InChI is InChI=1S/C19H16N2O6/c1-11-10-21(19(24)20-18(11)23)6-2-7-25-17-15-13(5-8-26-15)9-12-3-4-14(22)27-16(12)17/h3-5,8-10H,2,6-7H2,1H3,(H,20,23,24). The minimum atomic E-state index is -0.478. The number of furan rings is 1. The van der Waals surface area contributed by atoms with E-state index in [4.69, 9.17) is 13.6 Å². The molecule has 0 amide bonds. The molecular weight excluding hydrogens is 352 g/mol. The first kappa shape index (κ1) is 16.9. The number of ether oxygens (including phenoxy) is 1. The smallest absolute Gasteiger partial charge is 0.336 e. The van der Waals surface area contributed by atoms with Crippen molar-refractivity contribution in [2.75, 3.05) is 6.61 Å². The molecule has 1 N–H and O–H groups in total. The van der Waals surface area contributed by atoms with Crippen molar-refractivity contribution in [2.24, 2.45) is 0 Å². The summed E-state index contributed by atoms with van der Waals surface area (Å²) >= 11 is 0. The van der Waals surface area contributed by atoms with Crippen molar-refractivity contribution in [1.82, 2.24) is 9.55 Å². The maximum absolute atomic E-state index is 11.8. The van der Waals surface area contributed by atoms with Crippen LogP contribution in [0.4, 0.5) is 0 Å². The Balaban J connectivity index is 1.58. The highest BCUT2D eigenvalue weighted by Crippen LogP contribution is 2.34. The van der Waals surface area contributed by atoms with Crippen LogP contribution in [-0.4, -0.2) is 16.2 Å². The average Bonchev–Trinajstić information content (AvgIpc) is 3.10. The second-order valence-corrected chi connectivity index (χ2v) is 6.18. The van der Waals surface area contributed by atoms with Crippen molar-refractivity contribution >= 4 is 21.9 Å². The fourth-order valence-corrected chi connectivity index (χ4v) is 2.93. The minimum absolute atomic E-state index is 0.262. The quantitative estimate of drug-likeness (QED) is 0.427. The van der Waals surface area contributed by atoms with Gasteiger partial charge in [0, 0.05) is 35.1 Å². The van der Waals surface area contributed by atoms with E-state index in [2.05, 4.69) is 4.98 Å². The fourth-order valence-electron chi connectivity index (χ4n) is 2.93. The number of aromatic amines is 1. The molecule has 8 heteroatoms. The third kappa shape index (κ3) is 3.17. The highest BCUT2D eigenvalue weighted by Gasteiger charge is 2.14. The SMILES string of the molecule is Cc1cn(CCCOc2c3occc3cc3ccc(=O)oc23)c(=O)[nH]c1=O. The molecule has 0 aliphatic rings. The molecular formula is C19H16N2O6. The number of nitrogens with zero attached hydrogens (tertiary/aromatic N) is 1. The topological polar surface area (TPSA) is 107 Å². The summed E-state index contributed by atoms with van der Waals surface area (Å²) in [7, 11) is 0. The number of fused-ring (bicyclic) bond motifs is 2. The van der Waals surface area contributed by atoms with Crippen molar-refractivity contribution in [2.45, 2.75) is 19.9 Å². The molecule has 0 saturated heterocycles. The lowest BCUT2D eigenvalue weighted by Gasteiger charge is -2.10. The Labute approximate surface area is 151 Å². The molecule has 4 rings (SSSR count). The van der Waals surface area contributed by atoms with E-state index in [1.54, 1.807) is 19.1 Å². The average molecular weight is 368 g/mol. The van der Waals surface area contributed by atoms with Crippen LogP contribution in [0.15, 0.2) is 59.9 Å². The lowest BCUT2D eigenvalue weighted by Crippen LogP contribution is -2.31. The lowest BCUT2D eigenvalue weighted by molar-refractivity contribution is 0.298. The van der Waals surface area contributed by atoms with E-state index in [0.717, 1.165) is 10.8 Å². The Morgan fingerprint density at radius 1 is 1.11 bits per heavy atom. The van der Waals surface area contributed by atoms with Crippen LogP contribution in [0.3, 0.4) is 0 Å². The van der Waals surface area contributed by atoms with Gasteiger partial charge in [-0.2, -0.15) is 0 Å². The molecule has 3 aromatic heterocycles. The maximum Gasteiger partial charge on any atom is 0.336 e. The number of aryl methyl sites for hydroxylation is 2. The summed E-state index contributed by atoms with van der Waals surface area (Å²) in [5.41, 5.74) is -0.0539. The summed E-state index contributed by atoms with van der Waals surface area (Å²) in [6.45, 7) is 2.27. The molecule has 0 radical (unpaired) electrons. The summed E-state index contributed by atoms with van der Waals surface area (Å²) in [5.74, 6) is 0.357. The predicted molar refractivity (Wildman–Crippen MR) is 98.4 cm³/mol. The van der Waals surface area contributed by atoms with Gasteiger partial charge in [-0.3, -0.25) is 9.78 Å². The van der Waals surface area contributed by atoms with E-state index in [0.29, 0.717) is 35.4 Å². The number of aromatic nitrogens is 2. The molecule has 0 bridgehead atoms.